The molecular weight excluding hydrogens is 365 g/mol. The predicted molar refractivity (Wildman–Crippen MR) is 97.0 cm³/mol. The Morgan fingerprint density at radius 3 is 2.61 bits per heavy atom. The first kappa shape index (κ1) is 17.5. The van der Waals surface area contributed by atoms with E-state index in [1.54, 1.807) is 36.7 Å². The Balaban J connectivity index is 1.55. The molecule has 1 aromatic carbocycles. The number of nitrogens with one attached hydrogen (secondary N) is 1. The summed E-state index contributed by atoms with van der Waals surface area (Å²) in [5.41, 5.74) is 1.07. The van der Waals surface area contributed by atoms with Gasteiger partial charge in [-0.2, -0.15) is 4.98 Å². The Kier molecular flexibility index (Phi) is 4.63. The van der Waals surface area contributed by atoms with Crippen molar-refractivity contribution in [3.05, 3.63) is 88.3 Å². The second kappa shape index (κ2) is 7.39. The minimum absolute atomic E-state index is 0.0191. The lowest BCUT2D eigenvalue weighted by Crippen LogP contribution is -2.23. The lowest BCUT2D eigenvalue weighted by atomic mass is 10.2. The first-order chi connectivity index (χ1) is 13.6. The van der Waals surface area contributed by atoms with Crippen molar-refractivity contribution in [1.29, 1.82) is 0 Å². The summed E-state index contributed by atoms with van der Waals surface area (Å²) < 4.78 is 19.6. The second-order valence-electron chi connectivity index (χ2n) is 6.02. The Labute approximate surface area is 157 Å². The van der Waals surface area contributed by atoms with E-state index in [1.807, 2.05) is 0 Å². The molecule has 0 spiro atoms. The van der Waals surface area contributed by atoms with Crippen LogP contribution in [0.15, 0.2) is 64.3 Å². The van der Waals surface area contributed by atoms with Gasteiger partial charge in [0.25, 0.3) is 17.2 Å². The summed E-state index contributed by atoms with van der Waals surface area (Å²) in [4.78, 5) is 36.8. The fourth-order valence-corrected chi connectivity index (χ4v) is 2.60. The molecule has 1 N–H and O–H groups in total. The number of pyridine rings is 1. The smallest absolute Gasteiger partial charge is 0.307 e. The molecule has 0 saturated carbocycles. The van der Waals surface area contributed by atoms with Crippen molar-refractivity contribution in [1.82, 2.24) is 24.8 Å². The van der Waals surface area contributed by atoms with Gasteiger partial charge in [-0.25, -0.2) is 9.37 Å². The molecule has 0 fully saturated rings. The van der Waals surface area contributed by atoms with Crippen LogP contribution >= 0.6 is 0 Å². The minimum atomic E-state index is -0.556. The number of nitrogens with zero attached hydrogens (tertiary/aromatic N) is 4. The van der Waals surface area contributed by atoms with Gasteiger partial charge in [-0.15, -0.1) is 0 Å². The van der Waals surface area contributed by atoms with Crippen molar-refractivity contribution in [3.63, 3.8) is 0 Å². The molecule has 8 nitrogen and oxygen atoms in total. The lowest BCUT2D eigenvalue weighted by Gasteiger charge is -2.04. The van der Waals surface area contributed by atoms with Gasteiger partial charge in [0.1, 0.15) is 12.1 Å². The zero-order valence-electron chi connectivity index (χ0n) is 14.5. The highest BCUT2D eigenvalue weighted by Gasteiger charge is 2.18. The highest BCUT2D eigenvalue weighted by atomic mass is 19.1. The molecular formula is C19H14FN5O3. The number of hydrogen-bond donors (Lipinski definition) is 1. The molecule has 4 rings (SSSR count). The maximum absolute atomic E-state index is 13.0. The molecule has 0 saturated heterocycles. The van der Waals surface area contributed by atoms with Gasteiger partial charge in [-0.1, -0.05) is 12.1 Å². The molecule has 1 amide bonds. The van der Waals surface area contributed by atoms with Crippen LogP contribution in [0.25, 0.3) is 11.2 Å². The van der Waals surface area contributed by atoms with Gasteiger partial charge in [-0.3, -0.25) is 19.1 Å². The Morgan fingerprint density at radius 2 is 1.86 bits per heavy atom. The van der Waals surface area contributed by atoms with Crippen LogP contribution < -0.4 is 10.9 Å². The van der Waals surface area contributed by atoms with Crippen LogP contribution in [0.3, 0.4) is 0 Å². The number of hydrogen-bond acceptors (Lipinski definition) is 6. The Morgan fingerprint density at radius 1 is 1.11 bits per heavy atom. The highest BCUT2D eigenvalue weighted by Crippen LogP contribution is 2.10. The Hall–Kier alpha value is -3.88. The summed E-state index contributed by atoms with van der Waals surface area (Å²) in [5, 5.41) is 2.66. The van der Waals surface area contributed by atoms with Crippen LogP contribution in [0.4, 0.5) is 4.39 Å². The molecule has 0 radical (unpaired) electrons. The maximum Gasteiger partial charge on any atom is 0.307 e. The summed E-state index contributed by atoms with van der Waals surface area (Å²) in [6.07, 6.45) is 4.54. The zero-order chi connectivity index (χ0) is 19.5. The second-order valence-corrected chi connectivity index (χ2v) is 6.02. The number of aromatic nitrogens is 4. The number of rotatable bonds is 5. The molecule has 28 heavy (non-hydrogen) atoms. The molecule has 3 heterocycles. The standard InChI is InChI=1S/C19H14FN5O3/c20-14-3-1-13(2-4-14)10-25-11-23-17-15(19(25)27)24-18(28-17)16(26)22-9-12-5-7-21-8-6-12/h1-8,11H,9-10H2,(H,22,26). The average molecular weight is 379 g/mol. The van der Waals surface area contributed by atoms with Crippen molar-refractivity contribution in [2.24, 2.45) is 0 Å². The van der Waals surface area contributed by atoms with Crippen LogP contribution in [0, 0.1) is 5.82 Å². The van der Waals surface area contributed by atoms with Gasteiger partial charge in [0, 0.05) is 18.9 Å². The third-order valence-corrected chi connectivity index (χ3v) is 4.05. The van der Waals surface area contributed by atoms with Gasteiger partial charge in [0.05, 0.1) is 6.54 Å². The van der Waals surface area contributed by atoms with E-state index in [4.69, 9.17) is 4.42 Å². The molecule has 4 aromatic rings. The number of oxazole rings is 1. The third kappa shape index (κ3) is 3.63. The zero-order valence-corrected chi connectivity index (χ0v) is 14.5. The summed E-state index contributed by atoms with van der Waals surface area (Å²) in [6, 6.07) is 9.31. The first-order valence-electron chi connectivity index (χ1n) is 8.37. The largest absolute Gasteiger partial charge is 0.413 e. The molecule has 140 valence electrons. The third-order valence-electron chi connectivity index (χ3n) is 4.05. The topological polar surface area (TPSA) is 103 Å². The molecule has 0 bridgehead atoms. The first-order valence-corrected chi connectivity index (χ1v) is 8.37. The van der Waals surface area contributed by atoms with Crippen LogP contribution in [0.5, 0.6) is 0 Å². The monoisotopic (exact) mass is 379 g/mol. The van der Waals surface area contributed by atoms with Gasteiger partial charge in [0.2, 0.25) is 0 Å². The van der Waals surface area contributed by atoms with Crippen molar-refractivity contribution >= 4 is 17.1 Å². The van der Waals surface area contributed by atoms with Crippen molar-refractivity contribution in [2.45, 2.75) is 13.1 Å². The molecule has 0 atom stereocenters. The SMILES string of the molecule is O=C(NCc1ccncc1)c1nc2c(=O)n(Cc3ccc(F)cc3)cnc2o1. The van der Waals surface area contributed by atoms with Gasteiger partial charge in [-0.05, 0) is 35.4 Å². The van der Waals surface area contributed by atoms with E-state index >= 15 is 0 Å². The normalized spacial score (nSPS) is 10.9. The number of fused-ring (bicyclic) bond motifs is 1. The number of carbonyl (C=O) groups is 1. The van der Waals surface area contributed by atoms with Gasteiger partial charge >= 0.3 is 5.91 Å². The maximum atomic E-state index is 13.0. The van der Waals surface area contributed by atoms with Crippen molar-refractivity contribution < 1.29 is 13.6 Å². The quantitative estimate of drug-likeness (QED) is 0.568. The van der Waals surface area contributed by atoms with E-state index in [9.17, 15) is 14.0 Å². The molecule has 0 aliphatic rings. The van der Waals surface area contributed by atoms with Crippen molar-refractivity contribution in [3.8, 4) is 0 Å². The minimum Gasteiger partial charge on any atom is -0.413 e. The van der Waals surface area contributed by atoms with Crippen LogP contribution in [-0.2, 0) is 13.1 Å². The highest BCUT2D eigenvalue weighted by molar-refractivity contribution is 5.91. The lowest BCUT2D eigenvalue weighted by molar-refractivity contribution is 0.0918. The summed E-state index contributed by atoms with van der Waals surface area (Å²) in [6.45, 7) is 0.459. The van der Waals surface area contributed by atoms with Gasteiger partial charge < -0.3 is 9.73 Å². The summed E-state index contributed by atoms with van der Waals surface area (Å²) in [5.74, 6) is -1.16. The van der Waals surface area contributed by atoms with Crippen LogP contribution in [0.1, 0.15) is 21.8 Å². The average Bonchev–Trinajstić information content (AvgIpc) is 3.16. The fraction of sp³-hybridized carbons (Fsp3) is 0.105. The van der Waals surface area contributed by atoms with Gasteiger partial charge in [0.15, 0.2) is 5.52 Å². The molecule has 3 aromatic heterocycles. The Bertz CT molecular complexity index is 1190. The molecule has 0 unspecified atom stereocenters. The number of carbonyl (C=O) groups excluding carboxylic acids is 1. The van der Waals surface area contributed by atoms with E-state index in [0.717, 1.165) is 11.1 Å². The van der Waals surface area contributed by atoms with Crippen LogP contribution in [-0.4, -0.2) is 25.4 Å². The van der Waals surface area contributed by atoms with Crippen LogP contribution in [0.2, 0.25) is 0 Å². The molecule has 0 aliphatic carbocycles. The molecule has 0 aliphatic heterocycles. The number of amides is 1. The van der Waals surface area contributed by atoms with E-state index in [-0.39, 0.29) is 36.0 Å². The summed E-state index contributed by atoms with van der Waals surface area (Å²) in [7, 11) is 0. The van der Waals surface area contributed by atoms with E-state index in [2.05, 4.69) is 20.3 Å². The van der Waals surface area contributed by atoms with Crippen molar-refractivity contribution in [2.75, 3.05) is 0 Å². The van der Waals surface area contributed by atoms with E-state index in [0.29, 0.717) is 0 Å². The van der Waals surface area contributed by atoms with E-state index in [1.165, 1.54) is 23.0 Å². The molecule has 9 heteroatoms. The predicted octanol–water partition coefficient (Wildman–Crippen LogP) is 1.90. The number of benzene rings is 1. The summed E-state index contributed by atoms with van der Waals surface area (Å²) >= 11 is 0. The number of halogens is 1. The van der Waals surface area contributed by atoms with E-state index < -0.39 is 11.5 Å². The fourth-order valence-electron chi connectivity index (χ4n) is 2.60.